The van der Waals surface area contributed by atoms with E-state index in [4.69, 9.17) is 52.4 Å². The van der Waals surface area contributed by atoms with Crippen LogP contribution in [0.3, 0.4) is 0 Å². The molecule has 0 aliphatic carbocycles. The molecule has 0 unspecified atom stereocenters. The Bertz CT molecular complexity index is 838. The van der Waals surface area contributed by atoms with Crippen molar-refractivity contribution in [2.24, 2.45) is 0 Å². The lowest BCUT2D eigenvalue weighted by molar-refractivity contribution is 0.257. The maximum atomic E-state index is 12.7. The van der Waals surface area contributed by atoms with Gasteiger partial charge in [0, 0.05) is 5.02 Å². The van der Waals surface area contributed by atoms with Crippen molar-refractivity contribution in [3.8, 4) is 0 Å². The number of rotatable bonds is 2. The summed E-state index contributed by atoms with van der Waals surface area (Å²) in [6.45, 7) is 0. The molecule has 0 spiro atoms. The summed E-state index contributed by atoms with van der Waals surface area (Å²) in [4.78, 5) is 15.3. The van der Waals surface area contributed by atoms with Crippen molar-refractivity contribution in [3.05, 3.63) is 57.5 Å². The fourth-order valence-corrected chi connectivity index (χ4v) is 2.86. The van der Waals surface area contributed by atoms with Crippen LogP contribution in [0.4, 0.5) is 16.2 Å². The van der Waals surface area contributed by atoms with Crippen molar-refractivity contribution in [3.63, 3.8) is 0 Å². The number of anilines is 2. The number of nitrogens with one attached hydrogen (secondary N) is 1. The smallest absolute Gasteiger partial charge is 0.281 e. The van der Waals surface area contributed by atoms with Gasteiger partial charge in [-0.05, 0) is 42.5 Å². The van der Waals surface area contributed by atoms with Gasteiger partial charge in [-0.15, -0.1) is 0 Å². The first-order valence-corrected chi connectivity index (χ1v) is 7.92. The summed E-state index contributed by atoms with van der Waals surface area (Å²) in [6.07, 6.45) is 0. The molecule has 1 fully saturated rings. The number of urea groups is 1. The van der Waals surface area contributed by atoms with E-state index >= 15 is 0 Å². The number of thiocarbonyl (C=S) groups is 1. The number of carbonyl (C=O) groups is 1. The molecule has 1 aliphatic rings. The summed E-state index contributed by atoms with van der Waals surface area (Å²) >= 11 is 23.0. The van der Waals surface area contributed by atoms with E-state index in [1.807, 2.05) is 0 Å². The predicted molar refractivity (Wildman–Crippen MR) is 98.6 cm³/mol. The summed E-state index contributed by atoms with van der Waals surface area (Å²) in [6, 6.07) is 10.9. The van der Waals surface area contributed by atoms with Gasteiger partial charge in [0.25, 0.3) is 0 Å². The van der Waals surface area contributed by atoms with E-state index in [1.165, 1.54) is 15.9 Å². The van der Waals surface area contributed by atoms with E-state index in [-0.39, 0.29) is 10.8 Å². The van der Waals surface area contributed by atoms with E-state index in [0.29, 0.717) is 26.4 Å². The van der Waals surface area contributed by atoms with E-state index < -0.39 is 6.03 Å². The molecular formula is C15H8Cl3N3OS. The Hall–Kier alpha value is -1.66. The fourth-order valence-electron chi connectivity index (χ4n) is 2.17. The Labute approximate surface area is 152 Å². The van der Waals surface area contributed by atoms with Crippen LogP contribution in [0, 0.1) is 5.41 Å². The first-order chi connectivity index (χ1) is 10.9. The molecule has 2 amide bonds. The first kappa shape index (κ1) is 16.2. The number of hydrogen-bond acceptors (Lipinski definition) is 3. The summed E-state index contributed by atoms with van der Waals surface area (Å²) in [7, 11) is 0. The second kappa shape index (κ2) is 6.09. The van der Waals surface area contributed by atoms with Gasteiger partial charge in [-0.2, -0.15) is 0 Å². The lowest BCUT2D eigenvalue weighted by Crippen LogP contribution is -2.33. The molecule has 1 saturated heterocycles. The van der Waals surface area contributed by atoms with Crippen molar-refractivity contribution in [1.29, 1.82) is 5.41 Å². The second-order valence-corrected chi connectivity index (χ2v) is 6.32. The molecule has 4 nitrogen and oxygen atoms in total. The molecule has 116 valence electrons. The monoisotopic (exact) mass is 383 g/mol. The molecule has 1 aliphatic heterocycles. The van der Waals surface area contributed by atoms with E-state index in [2.05, 4.69) is 0 Å². The van der Waals surface area contributed by atoms with Crippen molar-refractivity contribution in [1.82, 2.24) is 0 Å². The van der Waals surface area contributed by atoms with Gasteiger partial charge in [-0.25, -0.2) is 14.6 Å². The number of hydrogen-bond donors (Lipinski definition) is 1. The van der Waals surface area contributed by atoms with Gasteiger partial charge in [0.1, 0.15) is 0 Å². The normalized spacial score (nSPS) is 14.8. The van der Waals surface area contributed by atoms with Crippen LogP contribution < -0.4 is 9.80 Å². The highest BCUT2D eigenvalue weighted by Gasteiger charge is 2.40. The minimum absolute atomic E-state index is 0.0848. The van der Waals surface area contributed by atoms with E-state index in [0.717, 1.165) is 0 Å². The largest absolute Gasteiger partial charge is 0.340 e. The molecule has 2 aromatic carbocycles. The number of amides is 2. The Balaban J connectivity index is 2.02. The third kappa shape index (κ3) is 2.81. The molecule has 1 N–H and O–H groups in total. The zero-order chi connectivity index (χ0) is 16.7. The van der Waals surface area contributed by atoms with Gasteiger partial charge in [-0.1, -0.05) is 47.0 Å². The Morgan fingerprint density at radius 1 is 0.870 bits per heavy atom. The molecule has 1 heterocycles. The van der Waals surface area contributed by atoms with Crippen LogP contribution in [0.2, 0.25) is 15.1 Å². The van der Waals surface area contributed by atoms with Gasteiger partial charge in [0.2, 0.25) is 0 Å². The maximum Gasteiger partial charge on any atom is 0.340 e. The van der Waals surface area contributed by atoms with Crippen LogP contribution in [0.25, 0.3) is 0 Å². The number of nitrogens with zero attached hydrogens (tertiary/aromatic N) is 2. The van der Waals surface area contributed by atoms with Gasteiger partial charge in [-0.3, -0.25) is 5.41 Å². The Morgan fingerprint density at radius 3 is 2.09 bits per heavy atom. The van der Waals surface area contributed by atoms with Gasteiger partial charge in [0.15, 0.2) is 10.8 Å². The highest BCUT2D eigenvalue weighted by atomic mass is 35.5. The summed E-state index contributed by atoms with van der Waals surface area (Å²) in [5.74, 6) is -0.0848. The lowest BCUT2D eigenvalue weighted by Gasteiger charge is -2.17. The number of amidine groups is 1. The summed E-state index contributed by atoms with van der Waals surface area (Å²) in [5.41, 5.74) is 0.963. The highest BCUT2D eigenvalue weighted by molar-refractivity contribution is 7.82. The molecule has 0 saturated carbocycles. The van der Waals surface area contributed by atoms with Crippen LogP contribution in [0.15, 0.2) is 42.5 Å². The van der Waals surface area contributed by atoms with Crippen LogP contribution in [-0.4, -0.2) is 16.9 Å². The predicted octanol–water partition coefficient (Wildman–Crippen LogP) is 5.40. The Kier molecular flexibility index (Phi) is 4.29. The quantitative estimate of drug-likeness (QED) is 0.705. The summed E-state index contributed by atoms with van der Waals surface area (Å²) in [5, 5.41) is 9.35. The van der Waals surface area contributed by atoms with Crippen LogP contribution in [-0.2, 0) is 0 Å². The van der Waals surface area contributed by atoms with Gasteiger partial charge in [0.05, 0.1) is 21.4 Å². The molecule has 0 bridgehead atoms. The third-order valence-electron chi connectivity index (χ3n) is 3.26. The minimum Gasteiger partial charge on any atom is -0.281 e. The molecule has 0 radical (unpaired) electrons. The topological polar surface area (TPSA) is 47.4 Å². The lowest BCUT2D eigenvalue weighted by atomic mass is 10.3. The Morgan fingerprint density at radius 2 is 1.48 bits per heavy atom. The number of benzene rings is 2. The van der Waals surface area contributed by atoms with Crippen molar-refractivity contribution in [2.75, 3.05) is 9.80 Å². The van der Waals surface area contributed by atoms with E-state index in [1.54, 1.807) is 36.4 Å². The fraction of sp³-hybridized carbons (Fsp3) is 0. The standard InChI is InChI=1S/C15H8Cl3N3OS/c16-8-1-3-9(4-2-8)20-13(19)14(23)21(15(20)22)10-5-6-11(17)12(18)7-10/h1-7,19H. The molecule has 2 aromatic rings. The van der Waals surface area contributed by atoms with Crippen molar-refractivity contribution < 1.29 is 4.79 Å². The first-order valence-electron chi connectivity index (χ1n) is 6.38. The number of carbonyl (C=O) groups excluding carboxylic acids is 1. The average Bonchev–Trinajstić information content (AvgIpc) is 2.74. The second-order valence-electron chi connectivity index (χ2n) is 4.68. The minimum atomic E-state index is -0.458. The van der Waals surface area contributed by atoms with Crippen molar-refractivity contribution >= 4 is 75.3 Å². The molecule has 3 rings (SSSR count). The van der Waals surface area contributed by atoms with Gasteiger partial charge < -0.3 is 0 Å². The summed E-state index contributed by atoms with van der Waals surface area (Å²) < 4.78 is 0. The van der Waals surface area contributed by atoms with Crippen LogP contribution >= 0.6 is 47.0 Å². The zero-order valence-electron chi connectivity index (χ0n) is 11.4. The molecule has 23 heavy (non-hydrogen) atoms. The van der Waals surface area contributed by atoms with Crippen molar-refractivity contribution in [2.45, 2.75) is 0 Å². The number of halogens is 3. The third-order valence-corrected chi connectivity index (χ3v) is 4.62. The van der Waals surface area contributed by atoms with Crippen LogP contribution in [0.1, 0.15) is 0 Å². The zero-order valence-corrected chi connectivity index (χ0v) is 14.5. The van der Waals surface area contributed by atoms with E-state index in [9.17, 15) is 4.79 Å². The molecule has 0 aromatic heterocycles. The SMILES string of the molecule is N=C1C(=S)N(c2ccc(Cl)c(Cl)c2)C(=O)N1c1ccc(Cl)cc1. The molecule has 0 atom stereocenters. The van der Waals surface area contributed by atoms with Gasteiger partial charge >= 0.3 is 6.03 Å². The molecular weight excluding hydrogens is 377 g/mol. The maximum absolute atomic E-state index is 12.7. The molecule has 8 heteroatoms. The average molecular weight is 385 g/mol. The highest BCUT2D eigenvalue weighted by Crippen LogP contribution is 2.32. The van der Waals surface area contributed by atoms with Crippen LogP contribution in [0.5, 0.6) is 0 Å².